The Hall–Kier alpha value is -0.530. The fraction of sp³-hybridized carbons (Fsp3) is 0.769. The van der Waals surface area contributed by atoms with E-state index in [1.807, 2.05) is 13.8 Å². The highest BCUT2D eigenvalue weighted by molar-refractivity contribution is 8.55. The average molecular weight is 359 g/mol. The van der Waals surface area contributed by atoms with Crippen LogP contribution in [0.1, 0.15) is 27.7 Å². The SMILES string of the molecule is C=C.CCOP(=O)(OCC)SCCN(CC)CC.O=C(O)O. The molecule has 0 saturated carbocycles. The normalized spacial score (nSPS) is 10.2. The minimum Gasteiger partial charge on any atom is -0.450 e. The van der Waals surface area contributed by atoms with Gasteiger partial charge in [0.1, 0.15) is 0 Å². The average Bonchev–Trinajstić information content (AvgIpc) is 2.46. The molecule has 2 N–H and O–H groups in total. The molecule has 0 atom stereocenters. The third-order valence-electron chi connectivity index (χ3n) is 2.13. The van der Waals surface area contributed by atoms with Crippen LogP contribution in [0.25, 0.3) is 0 Å². The molecule has 0 rings (SSSR count). The molecule has 0 saturated heterocycles. The number of carboxylic acid groups (broad SMARTS) is 2. The lowest BCUT2D eigenvalue weighted by Crippen LogP contribution is -2.25. The van der Waals surface area contributed by atoms with Crippen molar-refractivity contribution in [2.24, 2.45) is 0 Å². The number of carbonyl (C=O) groups is 1. The molecular formula is C13H30NO6PS. The van der Waals surface area contributed by atoms with Gasteiger partial charge in [-0.15, -0.1) is 13.2 Å². The summed E-state index contributed by atoms with van der Waals surface area (Å²) in [4.78, 5) is 10.8. The number of nitrogens with zero attached hydrogens (tertiary/aromatic N) is 1. The summed E-state index contributed by atoms with van der Waals surface area (Å²) in [7, 11) is 0. The molecule has 0 amide bonds. The minimum absolute atomic E-state index is 0.426. The Morgan fingerprint density at radius 2 is 1.45 bits per heavy atom. The minimum atomic E-state index is -2.91. The molecule has 134 valence electrons. The molecule has 0 aliphatic carbocycles. The van der Waals surface area contributed by atoms with Gasteiger partial charge in [-0.3, -0.25) is 0 Å². The van der Waals surface area contributed by atoms with Gasteiger partial charge in [0.15, 0.2) is 0 Å². The van der Waals surface area contributed by atoms with Crippen LogP contribution in [-0.4, -0.2) is 59.9 Å². The van der Waals surface area contributed by atoms with Crippen LogP contribution >= 0.6 is 18.2 Å². The molecule has 0 radical (unpaired) electrons. The highest BCUT2D eigenvalue weighted by Gasteiger charge is 2.24. The van der Waals surface area contributed by atoms with Gasteiger partial charge in [0.25, 0.3) is 0 Å². The van der Waals surface area contributed by atoms with Crippen molar-refractivity contribution < 1.29 is 28.6 Å². The first-order chi connectivity index (χ1) is 10.3. The molecule has 0 bridgehead atoms. The molecule has 0 aliphatic rings. The van der Waals surface area contributed by atoms with Gasteiger partial charge in [-0.2, -0.15) is 0 Å². The second-order valence-corrected chi connectivity index (χ2v) is 7.62. The predicted molar refractivity (Wildman–Crippen MR) is 93.0 cm³/mol. The summed E-state index contributed by atoms with van der Waals surface area (Å²) in [6, 6.07) is 0. The molecule has 0 aromatic heterocycles. The summed E-state index contributed by atoms with van der Waals surface area (Å²) in [5.41, 5.74) is 0. The van der Waals surface area contributed by atoms with Gasteiger partial charge in [0, 0.05) is 12.3 Å². The maximum atomic E-state index is 12.1. The second-order valence-electron chi connectivity index (χ2n) is 3.43. The van der Waals surface area contributed by atoms with Crippen molar-refractivity contribution in [3.8, 4) is 0 Å². The van der Waals surface area contributed by atoms with E-state index < -0.39 is 13.0 Å². The first kappa shape index (κ1) is 26.4. The highest BCUT2D eigenvalue weighted by atomic mass is 32.7. The Morgan fingerprint density at radius 3 is 1.73 bits per heavy atom. The van der Waals surface area contributed by atoms with Crippen molar-refractivity contribution in [1.29, 1.82) is 0 Å². The summed E-state index contributed by atoms with van der Waals surface area (Å²) in [5, 5.41) is 13.9. The summed E-state index contributed by atoms with van der Waals surface area (Å²) >= 11 is 1.30. The van der Waals surface area contributed by atoms with E-state index in [1.165, 1.54) is 11.4 Å². The van der Waals surface area contributed by atoms with Crippen LogP contribution in [0.15, 0.2) is 13.2 Å². The standard InChI is InChI=1S/C10H24NO3PS.C2H4.CH2O3/c1-5-11(6-2)9-10-16-15(12,13-7-3)14-8-4;1-2;2-1(3)4/h5-10H2,1-4H3;1-2H2;(H2,2,3,4). The zero-order valence-electron chi connectivity index (χ0n) is 14.0. The quantitative estimate of drug-likeness (QED) is 0.441. The Labute approximate surface area is 138 Å². The fourth-order valence-electron chi connectivity index (χ4n) is 1.25. The van der Waals surface area contributed by atoms with E-state index in [0.29, 0.717) is 13.2 Å². The maximum Gasteiger partial charge on any atom is 0.503 e. The topological polar surface area (TPSA) is 96.3 Å². The van der Waals surface area contributed by atoms with Crippen molar-refractivity contribution in [3.63, 3.8) is 0 Å². The monoisotopic (exact) mass is 359 g/mol. The van der Waals surface area contributed by atoms with Gasteiger partial charge in [-0.05, 0) is 38.3 Å². The highest BCUT2D eigenvalue weighted by Crippen LogP contribution is 2.60. The molecule has 0 fully saturated rings. The Bertz CT molecular complexity index is 288. The lowest BCUT2D eigenvalue weighted by Gasteiger charge is -2.20. The Balaban J connectivity index is -0.000000516. The molecule has 22 heavy (non-hydrogen) atoms. The summed E-state index contributed by atoms with van der Waals surface area (Å²) < 4.78 is 22.5. The Kier molecular flexibility index (Phi) is 22.2. The molecule has 9 heteroatoms. The molecule has 0 spiro atoms. The van der Waals surface area contributed by atoms with Gasteiger partial charge >= 0.3 is 13.0 Å². The van der Waals surface area contributed by atoms with Crippen molar-refractivity contribution in [2.45, 2.75) is 27.7 Å². The molecule has 0 aromatic rings. The van der Waals surface area contributed by atoms with Crippen LogP contribution in [0.4, 0.5) is 4.79 Å². The summed E-state index contributed by atoms with van der Waals surface area (Å²) in [5.74, 6) is 0.777. The van der Waals surface area contributed by atoms with Crippen molar-refractivity contribution in [1.82, 2.24) is 4.90 Å². The molecule has 0 unspecified atom stereocenters. The zero-order chi connectivity index (χ0) is 18.0. The number of hydrogen-bond donors (Lipinski definition) is 2. The first-order valence-electron chi connectivity index (χ1n) is 7.02. The predicted octanol–water partition coefficient (Wildman–Crippen LogP) is 4.27. The fourth-order valence-corrected chi connectivity index (χ4v) is 4.66. The van der Waals surface area contributed by atoms with E-state index in [2.05, 4.69) is 31.9 Å². The summed E-state index contributed by atoms with van der Waals surface area (Å²) in [6.07, 6.45) is -1.83. The van der Waals surface area contributed by atoms with E-state index in [0.717, 1.165) is 25.4 Å². The third-order valence-corrected chi connectivity index (χ3v) is 6.08. The number of rotatable bonds is 10. The van der Waals surface area contributed by atoms with Gasteiger partial charge < -0.3 is 24.2 Å². The van der Waals surface area contributed by atoms with Crippen LogP contribution in [0.2, 0.25) is 0 Å². The Morgan fingerprint density at radius 1 is 1.09 bits per heavy atom. The third kappa shape index (κ3) is 19.5. The first-order valence-corrected chi connectivity index (χ1v) is 10.2. The molecular weight excluding hydrogens is 329 g/mol. The van der Waals surface area contributed by atoms with Gasteiger partial charge in [-0.1, -0.05) is 13.8 Å². The van der Waals surface area contributed by atoms with Crippen LogP contribution < -0.4 is 0 Å². The van der Waals surface area contributed by atoms with Crippen LogP contribution in [-0.2, 0) is 13.6 Å². The number of hydrogen-bond acceptors (Lipinski definition) is 6. The van der Waals surface area contributed by atoms with Gasteiger partial charge in [-0.25, -0.2) is 9.36 Å². The molecule has 0 aliphatic heterocycles. The van der Waals surface area contributed by atoms with Gasteiger partial charge in [0.2, 0.25) is 0 Å². The smallest absolute Gasteiger partial charge is 0.450 e. The lowest BCUT2D eigenvalue weighted by atomic mass is 10.5. The zero-order valence-corrected chi connectivity index (χ0v) is 15.7. The van der Waals surface area contributed by atoms with Crippen LogP contribution in [0.5, 0.6) is 0 Å². The summed E-state index contributed by atoms with van der Waals surface area (Å²) in [6.45, 7) is 14.8. The molecule has 0 heterocycles. The van der Waals surface area contributed by atoms with Crippen LogP contribution in [0.3, 0.4) is 0 Å². The van der Waals surface area contributed by atoms with Crippen molar-refractivity contribution in [2.75, 3.05) is 38.6 Å². The largest absolute Gasteiger partial charge is 0.503 e. The molecule has 7 nitrogen and oxygen atoms in total. The second kappa shape index (κ2) is 18.5. The van der Waals surface area contributed by atoms with Crippen molar-refractivity contribution in [3.05, 3.63) is 13.2 Å². The van der Waals surface area contributed by atoms with E-state index >= 15 is 0 Å². The van der Waals surface area contributed by atoms with Crippen LogP contribution in [0, 0.1) is 0 Å². The van der Waals surface area contributed by atoms with E-state index in [1.54, 1.807) is 0 Å². The van der Waals surface area contributed by atoms with Gasteiger partial charge in [0.05, 0.1) is 13.2 Å². The lowest BCUT2D eigenvalue weighted by molar-refractivity contribution is 0.137. The van der Waals surface area contributed by atoms with Crippen molar-refractivity contribution >= 4 is 24.3 Å². The van der Waals surface area contributed by atoms with E-state index in [9.17, 15) is 4.57 Å². The maximum absolute atomic E-state index is 12.1. The van der Waals surface area contributed by atoms with E-state index in [4.69, 9.17) is 24.1 Å². The van der Waals surface area contributed by atoms with E-state index in [-0.39, 0.29) is 0 Å². The molecule has 0 aromatic carbocycles.